The fraction of sp³-hybridized carbons (Fsp3) is 0.333. The summed E-state index contributed by atoms with van der Waals surface area (Å²) in [4.78, 5) is 10.2. The third-order valence-electron chi connectivity index (χ3n) is 2.55. The summed E-state index contributed by atoms with van der Waals surface area (Å²) in [5.41, 5.74) is 2.13. The second-order valence-electron chi connectivity index (χ2n) is 3.73. The van der Waals surface area contributed by atoms with Crippen LogP contribution in [-0.2, 0) is 0 Å². The number of nitrogens with one attached hydrogen (secondary N) is 1. The van der Waals surface area contributed by atoms with E-state index in [-0.39, 0.29) is 0 Å². The van der Waals surface area contributed by atoms with E-state index in [1.54, 1.807) is 11.3 Å². The molecule has 0 aliphatic carbocycles. The molecule has 0 aliphatic rings. The Morgan fingerprint density at radius 2 is 2.12 bits per heavy atom. The number of aromatic nitrogens is 2. The average molecular weight is 312 g/mol. The number of nitrogens with zero attached hydrogens (tertiary/aromatic N) is 2. The highest BCUT2D eigenvalue weighted by Gasteiger charge is 2.12. The first-order chi connectivity index (χ1) is 8.13. The molecule has 0 fully saturated rings. The van der Waals surface area contributed by atoms with Crippen molar-refractivity contribution in [3.8, 4) is 10.7 Å². The van der Waals surface area contributed by atoms with Crippen LogP contribution in [0.4, 0.5) is 5.82 Å². The van der Waals surface area contributed by atoms with E-state index in [0.29, 0.717) is 0 Å². The molecule has 2 rings (SSSR count). The van der Waals surface area contributed by atoms with E-state index < -0.39 is 0 Å². The number of hydrogen-bond acceptors (Lipinski definition) is 4. The Balaban J connectivity index is 2.53. The largest absolute Gasteiger partial charge is 0.370 e. The van der Waals surface area contributed by atoms with E-state index in [0.717, 1.165) is 38.8 Å². The molecule has 2 aromatic rings. The average Bonchev–Trinajstić information content (AvgIpc) is 2.71. The van der Waals surface area contributed by atoms with Crippen molar-refractivity contribution >= 4 is 33.1 Å². The van der Waals surface area contributed by atoms with Crippen molar-refractivity contribution in [1.29, 1.82) is 0 Å². The molecule has 3 nitrogen and oxygen atoms in total. The van der Waals surface area contributed by atoms with E-state index in [1.165, 1.54) is 0 Å². The van der Waals surface area contributed by atoms with Crippen LogP contribution in [0.3, 0.4) is 0 Å². The van der Waals surface area contributed by atoms with Gasteiger partial charge in [0.05, 0.1) is 4.88 Å². The minimum absolute atomic E-state index is 0.783. The molecule has 17 heavy (non-hydrogen) atoms. The van der Waals surface area contributed by atoms with Gasteiger partial charge in [-0.2, -0.15) is 0 Å². The van der Waals surface area contributed by atoms with E-state index in [4.69, 9.17) is 0 Å². The summed E-state index contributed by atoms with van der Waals surface area (Å²) in [6.07, 6.45) is 0. The van der Waals surface area contributed by atoms with Crippen LogP contribution in [0, 0.1) is 13.8 Å². The molecular weight excluding hydrogens is 298 g/mol. The number of rotatable bonds is 3. The Kier molecular flexibility index (Phi) is 3.79. The normalized spacial score (nSPS) is 10.6. The van der Waals surface area contributed by atoms with Gasteiger partial charge < -0.3 is 5.32 Å². The number of halogens is 1. The minimum Gasteiger partial charge on any atom is -0.370 e. The van der Waals surface area contributed by atoms with Gasteiger partial charge in [0, 0.05) is 22.3 Å². The zero-order valence-electron chi connectivity index (χ0n) is 10.0. The van der Waals surface area contributed by atoms with Crippen molar-refractivity contribution in [1.82, 2.24) is 9.97 Å². The van der Waals surface area contributed by atoms with Gasteiger partial charge in [-0.3, -0.25) is 0 Å². The number of thiophene rings is 1. The van der Waals surface area contributed by atoms with Crippen LogP contribution in [0.25, 0.3) is 10.7 Å². The molecule has 0 unspecified atom stereocenters. The van der Waals surface area contributed by atoms with Crippen molar-refractivity contribution < 1.29 is 0 Å². The summed E-state index contributed by atoms with van der Waals surface area (Å²) in [5.74, 6) is 1.71. The van der Waals surface area contributed by atoms with Crippen molar-refractivity contribution in [2.75, 3.05) is 11.9 Å². The molecular formula is C12H14BrN3S. The fourth-order valence-electron chi connectivity index (χ4n) is 1.52. The molecule has 1 N–H and O–H groups in total. The topological polar surface area (TPSA) is 37.8 Å². The predicted molar refractivity (Wildman–Crippen MR) is 76.7 cm³/mol. The predicted octanol–water partition coefficient (Wildman–Crippen LogP) is 4.02. The van der Waals surface area contributed by atoms with Crippen LogP contribution < -0.4 is 5.32 Å². The lowest BCUT2D eigenvalue weighted by atomic mass is 10.2. The molecule has 0 saturated carbocycles. The zero-order valence-corrected chi connectivity index (χ0v) is 12.4. The van der Waals surface area contributed by atoms with Gasteiger partial charge in [0.25, 0.3) is 0 Å². The molecule has 0 radical (unpaired) electrons. The van der Waals surface area contributed by atoms with Crippen molar-refractivity contribution in [3.05, 3.63) is 27.2 Å². The van der Waals surface area contributed by atoms with E-state index in [2.05, 4.69) is 38.1 Å². The molecule has 2 aromatic heterocycles. The van der Waals surface area contributed by atoms with Gasteiger partial charge in [0.1, 0.15) is 5.82 Å². The van der Waals surface area contributed by atoms with Crippen LogP contribution in [-0.4, -0.2) is 16.5 Å². The van der Waals surface area contributed by atoms with Crippen LogP contribution in [0.5, 0.6) is 0 Å². The standard InChI is InChI=1S/C12H14BrN3S/c1-4-14-11-7(2)8(3)15-12(16-11)10-9(13)5-6-17-10/h5-6H,4H2,1-3H3,(H,14,15,16). The van der Waals surface area contributed by atoms with Crippen LogP contribution in [0.15, 0.2) is 15.9 Å². The molecule has 0 amide bonds. The lowest BCUT2D eigenvalue weighted by molar-refractivity contribution is 1.05. The second-order valence-corrected chi connectivity index (χ2v) is 5.50. The number of aryl methyl sites for hydroxylation is 1. The Morgan fingerprint density at radius 3 is 2.71 bits per heavy atom. The molecule has 0 spiro atoms. The van der Waals surface area contributed by atoms with Crippen LogP contribution in [0.1, 0.15) is 18.2 Å². The van der Waals surface area contributed by atoms with E-state index in [1.807, 2.05) is 25.3 Å². The lowest BCUT2D eigenvalue weighted by Gasteiger charge is -2.10. The van der Waals surface area contributed by atoms with Crippen molar-refractivity contribution in [2.24, 2.45) is 0 Å². The third kappa shape index (κ3) is 2.50. The minimum atomic E-state index is 0.783. The number of hydrogen-bond donors (Lipinski definition) is 1. The Hall–Kier alpha value is -0.940. The Labute approximate surface area is 113 Å². The lowest BCUT2D eigenvalue weighted by Crippen LogP contribution is -2.05. The van der Waals surface area contributed by atoms with E-state index >= 15 is 0 Å². The van der Waals surface area contributed by atoms with Gasteiger partial charge >= 0.3 is 0 Å². The molecule has 0 saturated heterocycles. The maximum Gasteiger partial charge on any atom is 0.173 e. The van der Waals surface area contributed by atoms with Crippen molar-refractivity contribution in [3.63, 3.8) is 0 Å². The smallest absolute Gasteiger partial charge is 0.173 e. The van der Waals surface area contributed by atoms with Gasteiger partial charge in [-0.25, -0.2) is 9.97 Å². The zero-order chi connectivity index (χ0) is 12.4. The summed E-state index contributed by atoms with van der Waals surface area (Å²) in [7, 11) is 0. The first-order valence-corrected chi connectivity index (χ1v) is 7.13. The summed E-state index contributed by atoms with van der Waals surface area (Å²) in [6, 6.07) is 2.02. The van der Waals surface area contributed by atoms with Gasteiger partial charge in [-0.1, -0.05) is 0 Å². The van der Waals surface area contributed by atoms with Gasteiger partial charge in [0.15, 0.2) is 5.82 Å². The van der Waals surface area contributed by atoms with Gasteiger partial charge in [-0.15, -0.1) is 11.3 Å². The highest BCUT2D eigenvalue weighted by molar-refractivity contribution is 9.10. The van der Waals surface area contributed by atoms with Gasteiger partial charge in [0.2, 0.25) is 0 Å². The highest BCUT2D eigenvalue weighted by atomic mass is 79.9. The molecule has 2 heterocycles. The first kappa shape index (κ1) is 12.5. The molecule has 0 atom stereocenters. The monoisotopic (exact) mass is 311 g/mol. The summed E-state index contributed by atoms with van der Waals surface area (Å²) >= 11 is 5.16. The van der Waals surface area contributed by atoms with Gasteiger partial charge in [-0.05, 0) is 48.1 Å². The third-order valence-corrected chi connectivity index (χ3v) is 4.39. The summed E-state index contributed by atoms with van der Waals surface area (Å²) in [5, 5.41) is 5.31. The highest BCUT2D eigenvalue weighted by Crippen LogP contribution is 2.32. The van der Waals surface area contributed by atoms with Crippen molar-refractivity contribution in [2.45, 2.75) is 20.8 Å². The molecule has 0 bridgehead atoms. The molecule has 5 heteroatoms. The SMILES string of the molecule is CCNc1nc(-c2sccc2Br)nc(C)c1C. The Bertz CT molecular complexity index is 537. The quantitative estimate of drug-likeness (QED) is 0.930. The molecule has 0 aliphatic heterocycles. The van der Waals surface area contributed by atoms with E-state index in [9.17, 15) is 0 Å². The van der Waals surface area contributed by atoms with Crippen LogP contribution in [0.2, 0.25) is 0 Å². The first-order valence-electron chi connectivity index (χ1n) is 5.46. The fourth-order valence-corrected chi connectivity index (χ4v) is 3.01. The Morgan fingerprint density at radius 1 is 1.35 bits per heavy atom. The maximum atomic E-state index is 4.58. The summed E-state index contributed by atoms with van der Waals surface area (Å²) in [6.45, 7) is 6.99. The van der Waals surface area contributed by atoms with Crippen LogP contribution >= 0.6 is 27.3 Å². The second kappa shape index (κ2) is 5.14. The maximum absolute atomic E-state index is 4.58. The summed E-state index contributed by atoms with van der Waals surface area (Å²) < 4.78 is 1.05. The molecule has 90 valence electrons. The number of anilines is 1. The molecule has 0 aromatic carbocycles.